The number of rotatable bonds is 2. The quantitative estimate of drug-likeness (QED) is 0.521. The zero-order chi connectivity index (χ0) is 6.69. The van der Waals surface area contributed by atoms with Crippen LogP contribution in [0.1, 0.15) is 6.42 Å². The van der Waals surface area contributed by atoms with Gasteiger partial charge in [0.1, 0.15) is 0 Å². The fraction of sp³-hybridized carbons (Fsp3) is 1.00. The van der Waals surface area contributed by atoms with Gasteiger partial charge in [-0.1, -0.05) is 0 Å². The third kappa shape index (κ3) is 1.93. The van der Waals surface area contributed by atoms with Gasteiger partial charge >= 0.3 is 0 Å². The zero-order valence-corrected chi connectivity index (χ0v) is 5.76. The fourth-order valence-electron chi connectivity index (χ4n) is 1.18. The maximum absolute atomic E-state index is 5.64. The summed E-state index contributed by atoms with van der Waals surface area (Å²) in [5.41, 5.74) is 5.64. The Labute approximate surface area is 55.6 Å². The maximum Gasteiger partial charge on any atom is 0.0616 e. The first-order valence-corrected chi connectivity index (χ1v) is 3.31. The van der Waals surface area contributed by atoms with E-state index in [2.05, 4.69) is 5.32 Å². The second kappa shape index (κ2) is 3.15. The molecule has 0 aromatic rings. The Morgan fingerprint density at radius 3 is 3.00 bits per heavy atom. The Morgan fingerprint density at radius 1 is 1.78 bits per heavy atom. The average molecular weight is 130 g/mol. The van der Waals surface area contributed by atoms with Gasteiger partial charge in [-0.05, 0) is 6.42 Å². The Balaban J connectivity index is 2.14. The first kappa shape index (κ1) is 6.99. The van der Waals surface area contributed by atoms with Crippen LogP contribution in [0.4, 0.5) is 0 Å². The molecule has 0 amide bonds. The summed E-state index contributed by atoms with van der Waals surface area (Å²) in [6.07, 6.45) is 1.05. The SMILES string of the molecule is COC[C@@H]1C[C@H](N)CN1. The van der Waals surface area contributed by atoms with E-state index < -0.39 is 0 Å². The van der Waals surface area contributed by atoms with Gasteiger partial charge in [-0.15, -0.1) is 0 Å². The van der Waals surface area contributed by atoms with Crippen LogP contribution in [0.3, 0.4) is 0 Å². The van der Waals surface area contributed by atoms with Gasteiger partial charge < -0.3 is 15.8 Å². The highest BCUT2D eigenvalue weighted by Crippen LogP contribution is 2.03. The Morgan fingerprint density at radius 2 is 2.56 bits per heavy atom. The van der Waals surface area contributed by atoms with Crippen molar-refractivity contribution in [2.24, 2.45) is 5.73 Å². The molecule has 0 aromatic heterocycles. The molecule has 9 heavy (non-hydrogen) atoms. The van der Waals surface area contributed by atoms with Crippen LogP contribution in [0.5, 0.6) is 0 Å². The first-order chi connectivity index (χ1) is 4.33. The van der Waals surface area contributed by atoms with Gasteiger partial charge in [-0.25, -0.2) is 0 Å². The molecular formula is C6H14N2O. The van der Waals surface area contributed by atoms with E-state index in [0.717, 1.165) is 19.6 Å². The lowest BCUT2D eigenvalue weighted by Gasteiger charge is -2.06. The van der Waals surface area contributed by atoms with E-state index in [9.17, 15) is 0 Å². The molecule has 0 bridgehead atoms. The Kier molecular flexibility index (Phi) is 2.45. The Bertz CT molecular complexity index is 85.1. The fourth-order valence-corrected chi connectivity index (χ4v) is 1.18. The number of hydrogen-bond donors (Lipinski definition) is 2. The van der Waals surface area contributed by atoms with E-state index in [1.54, 1.807) is 7.11 Å². The van der Waals surface area contributed by atoms with Crippen LogP contribution in [-0.4, -0.2) is 32.3 Å². The van der Waals surface area contributed by atoms with Crippen LogP contribution >= 0.6 is 0 Å². The van der Waals surface area contributed by atoms with E-state index in [-0.39, 0.29) is 0 Å². The minimum atomic E-state index is 0.338. The van der Waals surface area contributed by atoms with Crippen molar-refractivity contribution in [1.82, 2.24) is 5.32 Å². The summed E-state index contributed by atoms with van der Waals surface area (Å²) in [6, 6.07) is 0.829. The lowest BCUT2D eigenvalue weighted by Crippen LogP contribution is -2.26. The number of hydrogen-bond acceptors (Lipinski definition) is 3. The van der Waals surface area contributed by atoms with Gasteiger partial charge in [-0.3, -0.25) is 0 Å². The molecular weight excluding hydrogens is 116 g/mol. The van der Waals surface area contributed by atoms with Crippen LogP contribution in [0.2, 0.25) is 0 Å². The molecule has 0 aromatic carbocycles. The maximum atomic E-state index is 5.64. The van der Waals surface area contributed by atoms with Gasteiger partial charge in [-0.2, -0.15) is 0 Å². The van der Waals surface area contributed by atoms with E-state index >= 15 is 0 Å². The summed E-state index contributed by atoms with van der Waals surface area (Å²) < 4.78 is 4.96. The van der Waals surface area contributed by atoms with Gasteiger partial charge in [0.15, 0.2) is 0 Å². The van der Waals surface area contributed by atoms with E-state index in [4.69, 9.17) is 10.5 Å². The van der Waals surface area contributed by atoms with Crippen LogP contribution in [0.25, 0.3) is 0 Å². The highest BCUT2D eigenvalue weighted by atomic mass is 16.5. The van der Waals surface area contributed by atoms with Crippen LogP contribution in [-0.2, 0) is 4.74 Å². The minimum absolute atomic E-state index is 0.338. The topological polar surface area (TPSA) is 47.3 Å². The molecule has 3 nitrogen and oxygen atoms in total. The molecule has 1 saturated heterocycles. The third-order valence-electron chi connectivity index (χ3n) is 1.62. The third-order valence-corrected chi connectivity index (χ3v) is 1.62. The number of ether oxygens (including phenoxy) is 1. The second-order valence-corrected chi connectivity index (χ2v) is 2.56. The molecule has 0 spiro atoms. The van der Waals surface area contributed by atoms with Gasteiger partial charge in [0, 0.05) is 25.7 Å². The van der Waals surface area contributed by atoms with Crippen LogP contribution < -0.4 is 11.1 Å². The highest BCUT2D eigenvalue weighted by Gasteiger charge is 2.19. The summed E-state index contributed by atoms with van der Waals surface area (Å²) in [6.45, 7) is 1.72. The highest BCUT2D eigenvalue weighted by molar-refractivity contribution is 4.83. The zero-order valence-electron chi connectivity index (χ0n) is 5.76. The molecule has 0 unspecified atom stereocenters. The van der Waals surface area contributed by atoms with Crippen molar-refractivity contribution in [3.05, 3.63) is 0 Å². The second-order valence-electron chi connectivity index (χ2n) is 2.56. The molecule has 3 heteroatoms. The Hall–Kier alpha value is -0.120. The monoisotopic (exact) mass is 130 g/mol. The van der Waals surface area contributed by atoms with Crippen molar-refractivity contribution in [2.75, 3.05) is 20.3 Å². The normalized spacial score (nSPS) is 35.3. The largest absolute Gasteiger partial charge is 0.383 e. The standard InChI is InChI=1S/C6H14N2O/c1-9-4-6-2-5(7)3-8-6/h5-6,8H,2-4,7H2,1H3/t5-,6-/m0/s1. The van der Waals surface area contributed by atoms with Crippen LogP contribution in [0.15, 0.2) is 0 Å². The lowest BCUT2D eigenvalue weighted by molar-refractivity contribution is 0.173. The molecule has 1 heterocycles. The van der Waals surface area contributed by atoms with Crippen molar-refractivity contribution < 1.29 is 4.74 Å². The molecule has 1 fully saturated rings. The number of methoxy groups -OCH3 is 1. The molecule has 3 N–H and O–H groups in total. The predicted molar refractivity (Wildman–Crippen MR) is 36.3 cm³/mol. The summed E-state index contributed by atoms with van der Waals surface area (Å²) in [7, 11) is 1.71. The van der Waals surface area contributed by atoms with E-state index in [1.807, 2.05) is 0 Å². The average Bonchev–Trinajstić information content (AvgIpc) is 2.17. The van der Waals surface area contributed by atoms with Gasteiger partial charge in [0.05, 0.1) is 6.61 Å². The summed E-state index contributed by atoms with van der Waals surface area (Å²) in [5, 5.41) is 3.26. The number of nitrogens with two attached hydrogens (primary N) is 1. The molecule has 0 radical (unpaired) electrons. The van der Waals surface area contributed by atoms with E-state index in [1.165, 1.54) is 0 Å². The molecule has 2 atom stereocenters. The van der Waals surface area contributed by atoms with Gasteiger partial charge in [0.2, 0.25) is 0 Å². The van der Waals surface area contributed by atoms with Crippen molar-refractivity contribution in [3.8, 4) is 0 Å². The van der Waals surface area contributed by atoms with E-state index in [0.29, 0.717) is 12.1 Å². The first-order valence-electron chi connectivity index (χ1n) is 3.31. The molecule has 1 aliphatic rings. The van der Waals surface area contributed by atoms with Crippen molar-refractivity contribution in [1.29, 1.82) is 0 Å². The lowest BCUT2D eigenvalue weighted by atomic mass is 10.2. The number of nitrogens with one attached hydrogen (secondary N) is 1. The van der Waals surface area contributed by atoms with Gasteiger partial charge in [0.25, 0.3) is 0 Å². The summed E-state index contributed by atoms with van der Waals surface area (Å²) in [5.74, 6) is 0. The molecule has 54 valence electrons. The smallest absolute Gasteiger partial charge is 0.0616 e. The van der Waals surface area contributed by atoms with Crippen molar-refractivity contribution in [3.63, 3.8) is 0 Å². The summed E-state index contributed by atoms with van der Waals surface area (Å²) in [4.78, 5) is 0. The van der Waals surface area contributed by atoms with Crippen molar-refractivity contribution in [2.45, 2.75) is 18.5 Å². The van der Waals surface area contributed by atoms with Crippen molar-refractivity contribution >= 4 is 0 Å². The summed E-state index contributed by atoms with van der Waals surface area (Å²) >= 11 is 0. The molecule has 1 aliphatic heterocycles. The van der Waals surface area contributed by atoms with Crippen LogP contribution in [0, 0.1) is 0 Å². The minimum Gasteiger partial charge on any atom is -0.383 e. The predicted octanol–water partition coefficient (Wildman–Crippen LogP) is -0.678. The molecule has 0 saturated carbocycles. The molecule has 1 rings (SSSR count). The molecule has 0 aliphatic carbocycles.